The van der Waals surface area contributed by atoms with Crippen LogP contribution in [0.2, 0.25) is 5.22 Å². The van der Waals surface area contributed by atoms with E-state index >= 15 is 0 Å². The van der Waals surface area contributed by atoms with Gasteiger partial charge in [0.15, 0.2) is 0 Å². The molecule has 0 fully saturated rings. The molecule has 0 saturated heterocycles. The summed E-state index contributed by atoms with van der Waals surface area (Å²) >= 11 is 5.76. The summed E-state index contributed by atoms with van der Waals surface area (Å²) in [6.07, 6.45) is 4.96. The van der Waals surface area contributed by atoms with Crippen LogP contribution < -0.4 is 5.32 Å². The first-order valence-corrected chi connectivity index (χ1v) is 6.72. The van der Waals surface area contributed by atoms with E-state index in [0.29, 0.717) is 12.1 Å². The summed E-state index contributed by atoms with van der Waals surface area (Å²) < 4.78 is 6.64. The lowest BCUT2D eigenvalue weighted by Gasteiger charge is -2.02. The zero-order chi connectivity index (χ0) is 14.7. The van der Waals surface area contributed by atoms with Gasteiger partial charge in [-0.1, -0.05) is 18.2 Å². The van der Waals surface area contributed by atoms with Gasteiger partial charge in [-0.25, -0.2) is 4.68 Å². The monoisotopic (exact) mass is 301 g/mol. The lowest BCUT2D eigenvalue weighted by molar-refractivity contribution is 0.0950. The third kappa shape index (κ3) is 2.98. The zero-order valence-corrected chi connectivity index (χ0v) is 11.7. The van der Waals surface area contributed by atoms with E-state index in [1.807, 2.05) is 36.5 Å². The van der Waals surface area contributed by atoms with E-state index in [2.05, 4.69) is 10.4 Å². The van der Waals surface area contributed by atoms with Crippen LogP contribution >= 0.6 is 11.6 Å². The van der Waals surface area contributed by atoms with Crippen molar-refractivity contribution in [2.75, 3.05) is 0 Å². The molecule has 0 bridgehead atoms. The van der Waals surface area contributed by atoms with Crippen molar-refractivity contribution >= 4 is 17.5 Å². The molecular weight excluding hydrogens is 290 g/mol. The van der Waals surface area contributed by atoms with Crippen LogP contribution in [-0.4, -0.2) is 15.7 Å². The van der Waals surface area contributed by atoms with E-state index in [9.17, 15) is 4.79 Å². The van der Waals surface area contributed by atoms with Crippen molar-refractivity contribution in [3.63, 3.8) is 0 Å². The van der Waals surface area contributed by atoms with Gasteiger partial charge in [0.05, 0.1) is 23.7 Å². The molecule has 0 radical (unpaired) electrons. The molecule has 0 unspecified atom stereocenters. The van der Waals surface area contributed by atoms with Crippen molar-refractivity contribution in [1.82, 2.24) is 15.1 Å². The standard InChI is InChI=1S/C15H12ClN3O2/c16-14-13(6-7-21-14)15(20)17-8-11-9-18-19(10-11)12-4-2-1-3-5-12/h1-7,9-10H,8H2,(H,17,20). The van der Waals surface area contributed by atoms with Gasteiger partial charge in [0.2, 0.25) is 5.22 Å². The lowest BCUT2D eigenvalue weighted by Crippen LogP contribution is -2.22. The van der Waals surface area contributed by atoms with Gasteiger partial charge in [0.25, 0.3) is 5.91 Å². The van der Waals surface area contributed by atoms with Gasteiger partial charge < -0.3 is 9.73 Å². The molecule has 6 heteroatoms. The van der Waals surface area contributed by atoms with E-state index in [1.165, 1.54) is 12.3 Å². The fourth-order valence-corrected chi connectivity index (χ4v) is 2.11. The van der Waals surface area contributed by atoms with Crippen molar-refractivity contribution in [1.29, 1.82) is 0 Å². The molecule has 3 aromatic rings. The highest BCUT2D eigenvalue weighted by molar-refractivity contribution is 6.32. The zero-order valence-electron chi connectivity index (χ0n) is 11.0. The van der Waals surface area contributed by atoms with Crippen LogP contribution in [0, 0.1) is 0 Å². The van der Waals surface area contributed by atoms with Crippen molar-refractivity contribution in [2.45, 2.75) is 6.54 Å². The number of benzene rings is 1. The van der Waals surface area contributed by atoms with E-state index < -0.39 is 0 Å². The van der Waals surface area contributed by atoms with Crippen LogP contribution in [0.4, 0.5) is 0 Å². The summed E-state index contributed by atoms with van der Waals surface area (Å²) in [5.74, 6) is -0.277. The molecule has 2 heterocycles. The molecule has 5 nitrogen and oxygen atoms in total. The number of hydrogen-bond acceptors (Lipinski definition) is 3. The number of aromatic nitrogens is 2. The Bertz CT molecular complexity index is 749. The maximum absolute atomic E-state index is 11.9. The number of nitrogens with zero attached hydrogens (tertiary/aromatic N) is 2. The second kappa shape index (κ2) is 5.85. The Morgan fingerprint density at radius 3 is 2.81 bits per heavy atom. The summed E-state index contributed by atoms with van der Waals surface area (Å²) in [5, 5.41) is 7.13. The minimum atomic E-state index is -0.277. The highest BCUT2D eigenvalue weighted by atomic mass is 35.5. The smallest absolute Gasteiger partial charge is 0.256 e. The molecular formula is C15H12ClN3O2. The van der Waals surface area contributed by atoms with Gasteiger partial charge in [-0.3, -0.25) is 4.79 Å². The van der Waals surface area contributed by atoms with Crippen LogP contribution in [0.5, 0.6) is 0 Å². The number of hydrogen-bond donors (Lipinski definition) is 1. The number of halogens is 1. The molecule has 106 valence electrons. The summed E-state index contributed by atoms with van der Waals surface area (Å²) in [6.45, 7) is 0.368. The molecule has 3 rings (SSSR count). The van der Waals surface area contributed by atoms with Crippen molar-refractivity contribution in [3.8, 4) is 5.69 Å². The predicted octanol–water partition coefficient (Wildman–Crippen LogP) is 3.05. The van der Waals surface area contributed by atoms with Gasteiger partial charge in [-0.05, 0) is 29.8 Å². The van der Waals surface area contributed by atoms with Crippen LogP contribution in [0.15, 0.2) is 59.5 Å². The molecule has 21 heavy (non-hydrogen) atoms. The fourth-order valence-electron chi connectivity index (χ4n) is 1.91. The Hall–Kier alpha value is -2.53. The normalized spacial score (nSPS) is 10.5. The van der Waals surface area contributed by atoms with Crippen LogP contribution in [-0.2, 0) is 6.54 Å². The second-order valence-corrected chi connectivity index (χ2v) is 4.76. The molecule has 2 aromatic heterocycles. The second-order valence-electron chi connectivity index (χ2n) is 4.42. The van der Waals surface area contributed by atoms with Gasteiger partial charge in [0.1, 0.15) is 0 Å². The molecule has 0 saturated carbocycles. The van der Waals surface area contributed by atoms with Crippen molar-refractivity contribution in [2.24, 2.45) is 0 Å². The first-order valence-electron chi connectivity index (χ1n) is 6.34. The van der Waals surface area contributed by atoms with E-state index in [4.69, 9.17) is 16.0 Å². The van der Waals surface area contributed by atoms with Crippen molar-refractivity contribution < 1.29 is 9.21 Å². The molecule has 0 aliphatic heterocycles. The topological polar surface area (TPSA) is 60.1 Å². The summed E-state index contributed by atoms with van der Waals surface area (Å²) in [6, 6.07) is 11.3. The molecule has 1 amide bonds. The number of carbonyl (C=O) groups excluding carboxylic acids is 1. The van der Waals surface area contributed by atoms with Crippen LogP contribution in [0.25, 0.3) is 5.69 Å². The number of rotatable bonds is 4. The Morgan fingerprint density at radius 2 is 2.10 bits per heavy atom. The molecule has 0 atom stereocenters. The molecule has 1 aromatic carbocycles. The van der Waals surface area contributed by atoms with E-state index in [-0.39, 0.29) is 11.1 Å². The third-order valence-electron chi connectivity index (χ3n) is 2.97. The summed E-state index contributed by atoms with van der Waals surface area (Å²) in [5.41, 5.74) is 2.19. The third-order valence-corrected chi connectivity index (χ3v) is 3.27. The molecule has 0 spiro atoms. The van der Waals surface area contributed by atoms with Gasteiger partial charge in [-0.15, -0.1) is 0 Å². The highest BCUT2D eigenvalue weighted by Crippen LogP contribution is 2.16. The maximum Gasteiger partial charge on any atom is 0.256 e. The number of amides is 1. The summed E-state index contributed by atoms with van der Waals surface area (Å²) in [4.78, 5) is 11.9. The average Bonchev–Trinajstić information content (AvgIpc) is 3.15. The Kier molecular flexibility index (Phi) is 3.75. The maximum atomic E-state index is 11.9. The Morgan fingerprint density at radius 1 is 1.29 bits per heavy atom. The number of furan rings is 1. The lowest BCUT2D eigenvalue weighted by atomic mass is 10.3. The number of nitrogens with one attached hydrogen (secondary N) is 1. The number of carbonyl (C=O) groups is 1. The van der Waals surface area contributed by atoms with Gasteiger partial charge in [-0.2, -0.15) is 5.10 Å². The SMILES string of the molecule is O=C(NCc1cnn(-c2ccccc2)c1)c1ccoc1Cl. The Balaban J connectivity index is 1.66. The van der Waals surface area contributed by atoms with E-state index in [1.54, 1.807) is 10.9 Å². The quantitative estimate of drug-likeness (QED) is 0.805. The first-order chi connectivity index (χ1) is 10.2. The predicted molar refractivity (Wildman–Crippen MR) is 78.5 cm³/mol. The molecule has 0 aliphatic carbocycles. The van der Waals surface area contributed by atoms with Crippen LogP contribution in [0.1, 0.15) is 15.9 Å². The molecule has 0 aliphatic rings. The van der Waals surface area contributed by atoms with Crippen LogP contribution in [0.3, 0.4) is 0 Å². The van der Waals surface area contributed by atoms with Gasteiger partial charge >= 0.3 is 0 Å². The average molecular weight is 302 g/mol. The number of para-hydroxylation sites is 1. The summed E-state index contributed by atoms with van der Waals surface area (Å²) in [7, 11) is 0. The highest BCUT2D eigenvalue weighted by Gasteiger charge is 2.12. The fraction of sp³-hybridized carbons (Fsp3) is 0.0667. The van der Waals surface area contributed by atoms with E-state index in [0.717, 1.165) is 11.3 Å². The van der Waals surface area contributed by atoms with Crippen molar-refractivity contribution in [3.05, 3.63) is 71.4 Å². The minimum Gasteiger partial charge on any atom is -0.452 e. The Labute approximate surface area is 126 Å². The first kappa shape index (κ1) is 13.5. The minimum absolute atomic E-state index is 0.0903. The van der Waals surface area contributed by atoms with Gasteiger partial charge in [0, 0.05) is 18.3 Å². The largest absolute Gasteiger partial charge is 0.452 e. The molecule has 1 N–H and O–H groups in total.